The van der Waals surface area contributed by atoms with Crippen molar-refractivity contribution in [3.05, 3.63) is 29.3 Å². The number of hydrogen-bond donors (Lipinski definition) is 2. The molecule has 0 aromatic heterocycles. The lowest BCUT2D eigenvalue weighted by atomic mass is 10.2. The lowest BCUT2D eigenvalue weighted by molar-refractivity contribution is -0.125. The van der Waals surface area contributed by atoms with Gasteiger partial charge < -0.3 is 15.5 Å². The summed E-state index contributed by atoms with van der Waals surface area (Å²) >= 11 is 5.82. The van der Waals surface area contributed by atoms with Gasteiger partial charge in [-0.2, -0.15) is 0 Å². The van der Waals surface area contributed by atoms with E-state index in [0.29, 0.717) is 18.0 Å². The van der Waals surface area contributed by atoms with Crippen LogP contribution in [0.3, 0.4) is 0 Å². The Morgan fingerprint density at radius 1 is 1.40 bits per heavy atom. The number of anilines is 1. The topological polar surface area (TPSA) is 61.4 Å². The average Bonchev–Trinajstić information content (AvgIpc) is 2.73. The van der Waals surface area contributed by atoms with Gasteiger partial charge in [0.25, 0.3) is 0 Å². The minimum Gasteiger partial charge on any atom is -0.343 e. The molecular weight excluding hydrogens is 301 g/mol. The second kappa shape index (κ2) is 7.47. The molecule has 110 valence electrons. The highest BCUT2D eigenvalue weighted by atomic mass is 35.5. The number of carbonyl (C=O) groups is 2. The summed E-state index contributed by atoms with van der Waals surface area (Å²) in [6, 6.07) is 6.67. The van der Waals surface area contributed by atoms with Crippen molar-refractivity contribution < 1.29 is 9.59 Å². The van der Waals surface area contributed by atoms with Gasteiger partial charge in [-0.05, 0) is 37.7 Å². The van der Waals surface area contributed by atoms with E-state index in [1.807, 2.05) is 0 Å². The SMILES string of the molecule is CNCC(=O)NC1CCN(c2ccc(Cl)cc2)C1=O.Cl. The zero-order chi connectivity index (χ0) is 13.8. The monoisotopic (exact) mass is 317 g/mol. The molecule has 2 rings (SSSR count). The molecule has 1 unspecified atom stereocenters. The summed E-state index contributed by atoms with van der Waals surface area (Å²) < 4.78 is 0. The second-order valence-electron chi connectivity index (χ2n) is 4.41. The molecule has 1 saturated heterocycles. The van der Waals surface area contributed by atoms with Gasteiger partial charge in [-0.15, -0.1) is 12.4 Å². The first-order chi connectivity index (χ1) is 9.11. The van der Waals surface area contributed by atoms with E-state index >= 15 is 0 Å². The second-order valence-corrected chi connectivity index (χ2v) is 4.84. The fourth-order valence-corrected chi connectivity index (χ4v) is 2.22. The maximum atomic E-state index is 12.2. The van der Waals surface area contributed by atoms with Crippen LogP contribution in [0.2, 0.25) is 5.02 Å². The van der Waals surface area contributed by atoms with Crippen LogP contribution >= 0.6 is 24.0 Å². The normalized spacial score (nSPS) is 17.8. The third kappa shape index (κ3) is 3.85. The Hall–Kier alpha value is -1.30. The molecule has 0 saturated carbocycles. The first-order valence-electron chi connectivity index (χ1n) is 6.12. The number of likely N-dealkylation sites (N-methyl/N-ethyl adjacent to an activating group) is 1. The van der Waals surface area contributed by atoms with Crippen LogP contribution in [0.25, 0.3) is 0 Å². The van der Waals surface area contributed by atoms with Gasteiger partial charge in [0.1, 0.15) is 6.04 Å². The van der Waals surface area contributed by atoms with Gasteiger partial charge in [-0.25, -0.2) is 0 Å². The Kier molecular flexibility index (Phi) is 6.26. The van der Waals surface area contributed by atoms with Crippen molar-refractivity contribution in [2.24, 2.45) is 0 Å². The standard InChI is InChI=1S/C13H16ClN3O2.ClH/c1-15-8-12(18)16-11-6-7-17(13(11)19)10-4-2-9(14)3-5-10;/h2-5,11,15H,6-8H2,1H3,(H,16,18);1H. The molecule has 0 bridgehead atoms. The molecule has 0 spiro atoms. The number of rotatable bonds is 4. The number of nitrogens with one attached hydrogen (secondary N) is 2. The van der Waals surface area contributed by atoms with Crippen LogP contribution in [0.5, 0.6) is 0 Å². The van der Waals surface area contributed by atoms with Gasteiger partial charge in [-0.1, -0.05) is 11.6 Å². The number of nitrogens with zero attached hydrogens (tertiary/aromatic N) is 1. The highest BCUT2D eigenvalue weighted by Gasteiger charge is 2.33. The van der Waals surface area contributed by atoms with E-state index in [2.05, 4.69) is 10.6 Å². The number of halogens is 2. The molecule has 5 nitrogen and oxygen atoms in total. The lowest BCUT2D eigenvalue weighted by Crippen LogP contribution is -2.44. The first kappa shape index (κ1) is 16.8. The van der Waals surface area contributed by atoms with Crippen molar-refractivity contribution in [1.29, 1.82) is 0 Å². The van der Waals surface area contributed by atoms with Crippen LogP contribution in [0.1, 0.15) is 6.42 Å². The average molecular weight is 318 g/mol. The summed E-state index contributed by atoms with van der Waals surface area (Å²) in [5.74, 6) is -0.245. The molecule has 7 heteroatoms. The molecule has 1 aromatic carbocycles. The predicted octanol–water partition coefficient (Wildman–Crippen LogP) is 1.20. The van der Waals surface area contributed by atoms with E-state index in [1.54, 1.807) is 36.2 Å². The minimum atomic E-state index is -0.434. The number of hydrogen-bond acceptors (Lipinski definition) is 3. The fourth-order valence-electron chi connectivity index (χ4n) is 2.10. The molecule has 1 aliphatic rings. The van der Waals surface area contributed by atoms with Gasteiger partial charge in [0.05, 0.1) is 6.54 Å². The number of benzene rings is 1. The summed E-state index contributed by atoms with van der Waals surface area (Å²) in [4.78, 5) is 25.3. The van der Waals surface area contributed by atoms with E-state index in [1.165, 1.54) is 0 Å². The van der Waals surface area contributed by atoms with E-state index in [-0.39, 0.29) is 30.8 Å². The molecule has 1 fully saturated rings. The Balaban J connectivity index is 0.00000200. The number of carbonyl (C=O) groups excluding carboxylic acids is 2. The molecule has 1 aromatic rings. The molecule has 0 radical (unpaired) electrons. The van der Waals surface area contributed by atoms with Crippen LogP contribution in [0, 0.1) is 0 Å². The Morgan fingerprint density at radius 2 is 2.05 bits per heavy atom. The summed E-state index contributed by atoms with van der Waals surface area (Å²) in [6.07, 6.45) is 0.622. The van der Waals surface area contributed by atoms with Gasteiger partial charge in [0.15, 0.2) is 0 Å². The quantitative estimate of drug-likeness (QED) is 0.877. The molecule has 1 atom stereocenters. The molecule has 2 amide bonds. The van der Waals surface area contributed by atoms with Gasteiger partial charge >= 0.3 is 0 Å². The largest absolute Gasteiger partial charge is 0.343 e. The predicted molar refractivity (Wildman–Crippen MR) is 81.5 cm³/mol. The molecular formula is C13H17Cl2N3O2. The Bertz CT molecular complexity index is 479. The zero-order valence-electron chi connectivity index (χ0n) is 11.1. The lowest BCUT2D eigenvalue weighted by Gasteiger charge is -2.17. The molecule has 0 aliphatic carbocycles. The maximum absolute atomic E-state index is 12.2. The Labute approximate surface area is 129 Å². The fraction of sp³-hybridized carbons (Fsp3) is 0.385. The van der Waals surface area contributed by atoms with Crippen LogP contribution < -0.4 is 15.5 Å². The van der Waals surface area contributed by atoms with Crippen molar-refractivity contribution in [2.75, 3.05) is 25.0 Å². The molecule has 20 heavy (non-hydrogen) atoms. The van der Waals surface area contributed by atoms with Gasteiger partial charge in [-0.3, -0.25) is 9.59 Å². The van der Waals surface area contributed by atoms with Crippen molar-refractivity contribution in [3.63, 3.8) is 0 Å². The maximum Gasteiger partial charge on any atom is 0.249 e. The third-order valence-corrected chi connectivity index (χ3v) is 3.27. The van der Waals surface area contributed by atoms with Crippen LogP contribution in [-0.4, -0.2) is 38.0 Å². The highest BCUT2D eigenvalue weighted by Crippen LogP contribution is 2.23. The highest BCUT2D eigenvalue weighted by molar-refractivity contribution is 6.30. The molecule has 1 heterocycles. The van der Waals surface area contributed by atoms with E-state index in [0.717, 1.165) is 5.69 Å². The van der Waals surface area contributed by atoms with Crippen LogP contribution in [0.4, 0.5) is 5.69 Å². The first-order valence-corrected chi connectivity index (χ1v) is 6.50. The van der Waals surface area contributed by atoms with Crippen molar-refractivity contribution >= 4 is 41.5 Å². The summed E-state index contributed by atoms with van der Waals surface area (Å²) in [6.45, 7) is 0.815. The zero-order valence-corrected chi connectivity index (χ0v) is 12.6. The van der Waals surface area contributed by atoms with Gasteiger partial charge in [0, 0.05) is 17.3 Å². The summed E-state index contributed by atoms with van der Waals surface area (Å²) in [5.41, 5.74) is 0.805. The third-order valence-electron chi connectivity index (χ3n) is 3.02. The summed E-state index contributed by atoms with van der Waals surface area (Å²) in [7, 11) is 1.69. The van der Waals surface area contributed by atoms with Crippen LogP contribution in [-0.2, 0) is 9.59 Å². The molecule has 2 N–H and O–H groups in total. The number of amides is 2. The van der Waals surface area contributed by atoms with Crippen molar-refractivity contribution in [2.45, 2.75) is 12.5 Å². The Morgan fingerprint density at radius 3 is 2.65 bits per heavy atom. The van der Waals surface area contributed by atoms with E-state index in [4.69, 9.17) is 11.6 Å². The molecule has 1 aliphatic heterocycles. The van der Waals surface area contributed by atoms with Crippen molar-refractivity contribution in [3.8, 4) is 0 Å². The van der Waals surface area contributed by atoms with Crippen molar-refractivity contribution in [1.82, 2.24) is 10.6 Å². The smallest absolute Gasteiger partial charge is 0.249 e. The van der Waals surface area contributed by atoms with E-state index in [9.17, 15) is 9.59 Å². The van der Waals surface area contributed by atoms with E-state index < -0.39 is 6.04 Å². The van der Waals surface area contributed by atoms with Crippen LogP contribution in [0.15, 0.2) is 24.3 Å². The minimum absolute atomic E-state index is 0. The van der Waals surface area contributed by atoms with Gasteiger partial charge in [0.2, 0.25) is 11.8 Å². The summed E-state index contributed by atoms with van der Waals surface area (Å²) in [5, 5.41) is 6.11.